The molecular weight excluding hydrogens is 242 g/mol. The molecule has 2 aromatic carbocycles. The van der Waals surface area contributed by atoms with E-state index < -0.39 is 0 Å². The lowest BCUT2D eigenvalue weighted by Crippen LogP contribution is -2.06. The van der Waals surface area contributed by atoms with Crippen LogP contribution in [0.1, 0.15) is 16.7 Å². The molecule has 0 saturated heterocycles. The molecule has 0 aliphatic rings. The molecule has 0 unspecified atom stereocenters. The maximum absolute atomic E-state index is 5.86. The molecule has 1 nitrogen and oxygen atoms in total. The number of benzene rings is 2. The van der Waals surface area contributed by atoms with E-state index in [1.54, 1.807) is 0 Å². The fourth-order valence-electron chi connectivity index (χ4n) is 1.94. The molecule has 0 radical (unpaired) electrons. The molecule has 18 heavy (non-hydrogen) atoms. The third-order valence-corrected chi connectivity index (χ3v) is 3.50. The van der Waals surface area contributed by atoms with Crippen molar-refractivity contribution in [2.24, 2.45) is 0 Å². The summed E-state index contributed by atoms with van der Waals surface area (Å²) in [5.74, 6) is 0. The molecule has 2 rings (SSSR count). The molecule has 2 aromatic rings. The first-order valence-electron chi connectivity index (χ1n) is 6.21. The highest BCUT2D eigenvalue weighted by Gasteiger charge is 1.99. The molecule has 0 aliphatic heterocycles. The summed E-state index contributed by atoms with van der Waals surface area (Å²) in [6, 6.07) is 14.4. The molecule has 0 aliphatic carbocycles. The maximum atomic E-state index is 5.86. The Bertz CT molecular complexity index is 517. The molecule has 94 valence electrons. The first-order chi connectivity index (χ1) is 8.66. The van der Waals surface area contributed by atoms with Gasteiger partial charge in [0.2, 0.25) is 0 Å². The Balaban J connectivity index is 1.92. The summed E-state index contributed by atoms with van der Waals surface area (Å²) in [7, 11) is 0. The standard InChI is InChI=1S/C16H18ClN/c1-12-4-3-5-16(13(12)2)18-11-10-14-6-8-15(17)9-7-14/h3-9,18H,10-11H2,1-2H3. The Hall–Kier alpha value is -1.47. The van der Waals surface area contributed by atoms with E-state index in [0.29, 0.717) is 0 Å². The average Bonchev–Trinajstić information content (AvgIpc) is 2.37. The van der Waals surface area contributed by atoms with Gasteiger partial charge in [-0.15, -0.1) is 0 Å². The van der Waals surface area contributed by atoms with Crippen molar-refractivity contribution in [1.82, 2.24) is 0 Å². The Morgan fingerprint density at radius 3 is 2.44 bits per heavy atom. The van der Waals surface area contributed by atoms with Crippen molar-refractivity contribution >= 4 is 17.3 Å². The largest absolute Gasteiger partial charge is 0.384 e. The van der Waals surface area contributed by atoms with Crippen molar-refractivity contribution in [3.05, 3.63) is 64.2 Å². The van der Waals surface area contributed by atoms with Crippen LogP contribution in [-0.2, 0) is 6.42 Å². The second kappa shape index (κ2) is 5.92. The highest BCUT2D eigenvalue weighted by Crippen LogP contribution is 2.18. The van der Waals surface area contributed by atoms with Gasteiger partial charge in [0, 0.05) is 17.3 Å². The lowest BCUT2D eigenvalue weighted by molar-refractivity contribution is 1.02. The van der Waals surface area contributed by atoms with Gasteiger partial charge in [-0.3, -0.25) is 0 Å². The minimum absolute atomic E-state index is 0.793. The van der Waals surface area contributed by atoms with Crippen LogP contribution in [0, 0.1) is 13.8 Å². The third kappa shape index (κ3) is 3.27. The lowest BCUT2D eigenvalue weighted by Gasteiger charge is -2.11. The summed E-state index contributed by atoms with van der Waals surface area (Å²) >= 11 is 5.86. The normalized spacial score (nSPS) is 10.4. The molecule has 0 aromatic heterocycles. The van der Waals surface area contributed by atoms with Gasteiger partial charge in [-0.1, -0.05) is 35.9 Å². The fourth-order valence-corrected chi connectivity index (χ4v) is 2.06. The van der Waals surface area contributed by atoms with Crippen LogP contribution in [0.15, 0.2) is 42.5 Å². The topological polar surface area (TPSA) is 12.0 Å². The van der Waals surface area contributed by atoms with E-state index in [2.05, 4.69) is 49.5 Å². The van der Waals surface area contributed by atoms with Crippen molar-refractivity contribution in [3.63, 3.8) is 0 Å². The third-order valence-electron chi connectivity index (χ3n) is 3.25. The summed E-state index contributed by atoms with van der Waals surface area (Å²) in [6.45, 7) is 5.23. The molecule has 0 atom stereocenters. The maximum Gasteiger partial charge on any atom is 0.0406 e. The van der Waals surface area contributed by atoms with Crippen LogP contribution in [0.4, 0.5) is 5.69 Å². The Kier molecular flexibility index (Phi) is 4.27. The molecule has 0 fully saturated rings. The van der Waals surface area contributed by atoms with E-state index in [1.165, 1.54) is 22.4 Å². The van der Waals surface area contributed by atoms with Crippen LogP contribution in [0.5, 0.6) is 0 Å². The zero-order valence-electron chi connectivity index (χ0n) is 10.8. The first-order valence-corrected chi connectivity index (χ1v) is 6.59. The van der Waals surface area contributed by atoms with Gasteiger partial charge < -0.3 is 5.32 Å². The summed E-state index contributed by atoms with van der Waals surface area (Å²) in [5.41, 5.74) is 5.18. The average molecular weight is 260 g/mol. The number of hydrogen-bond donors (Lipinski definition) is 1. The summed E-state index contributed by atoms with van der Waals surface area (Å²) in [4.78, 5) is 0. The molecule has 0 amide bonds. The van der Waals surface area contributed by atoms with Gasteiger partial charge in [0.25, 0.3) is 0 Å². The number of nitrogens with one attached hydrogen (secondary N) is 1. The van der Waals surface area contributed by atoms with Gasteiger partial charge in [0.1, 0.15) is 0 Å². The van der Waals surface area contributed by atoms with Crippen LogP contribution in [0.25, 0.3) is 0 Å². The Morgan fingerprint density at radius 1 is 1.00 bits per heavy atom. The van der Waals surface area contributed by atoms with Crippen LogP contribution in [-0.4, -0.2) is 6.54 Å². The molecular formula is C16H18ClN. The van der Waals surface area contributed by atoms with E-state index in [-0.39, 0.29) is 0 Å². The monoisotopic (exact) mass is 259 g/mol. The molecule has 2 heteroatoms. The summed E-state index contributed by atoms with van der Waals surface area (Å²) in [5, 5.41) is 4.28. The zero-order chi connectivity index (χ0) is 13.0. The molecule has 0 bridgehead atoms. The number of halogens is 1. The second-order valence-corrected chi connectivity index (χ2v) is 4.99. The van der Waals surface area contributed by atoms with E-state index >= 15 is 0 Å². The molecule has 0 heterocycles. The zero-order valence-corrected chi connectivity index (χ0v) is 11.6. The highest BCUT2D eigenvalue weighted by atomic mass is 35.5. The molecule has 1 N–H and O–H groups in total. The number of anilines is 1. The van der Waals surface area contributed by atoms with Gasteiger partial charge in [0.15, 0.2) is 0 Å². The van der Waals surface area contributed by atoms with Crippen molar-refractivity contribution in [1.29, 1.82) is 0 Å². The van der Waals surface area contributed by atoms with Crippen molar-refractivity contribution in [3.8, 4) is 0 Å². The van der Waals surface area contributed by atoms with Crippen molar-refractivity contribution < 1.29 is 0 Å². The fraction of sp³-hybridized carbons (Fsp3) is 0.250. The summed E-state index contributed by atoms with van der Waals surface area (Å²) in [6.07, 6.45) is 1.00. The van der Waals surface area contributed by atoms with Crippen LogP contribution in [0.3, 0.4) is 0 Å². The Labute approximate surface area is 114 Å². The van der Waals surface area contributed by atoms with Gasteiger partial charge in [-0.2, -0.15) is 0 Å². The van der Waals surface area contributed by atoms with Crippen LogP contribution in [0.2, 0.25) is 5.02 Å². The molecule has 0 saturated carbocycles. The SMILES string of the molecule is Cc1cccc(NCCc2ccc(Cl)cc2)c1C. The highest BCUT2D eigenvalue weighted by molar-refractivity contribution is 6.30. The quantitative estimate of drug-likeness (QED) is 0.845. The predicted octanol–water partition coefficient (Wildman–Crippen LogP) is 4.61. The number of rotatable bonds is 4. The van der Waals surface area contributed by atoms with Gasteiger partial charge in [0.05, 0.1) is 0 Å². The second-order valence-electron chi connectivity index (χ2n) is 4.55. The van der Waals surface area contributed by atoms with E-state index in [1.807, 2.05) is 12.1 Å². The number of hydrogen-bond acceptors (Lipinski definition) is 1. The van der Waals surface area contributed by atoms with Crippen LogP contribution < -0.4 is 5.32 Å². The first kappa shape index (κ1) is 13.0. The number of aryl methyl sites for hydroxylation is 1. The lowest BCUT2D eigenvalue weighted by atomic mass is 10.1. The molecule has 0 spiro atoms. The van der Waals surface area contributed by atoms with E-state index in [0.717, 1.165) is 18.0 Å². The smallest absolute Gasteiger partial charge is 0.0406 e. The van der Waals surface area contributed by atoms with Crippen molar-refractivity contribution in [2.45, 2.75) is 20.3 Å². The van der Waals surface area contributed by atoms with Gasteiger partial charge >= 0.3 is 0 Å². The minimum Gasteiger partial charge on any atom is -0.384 e. The van der Waals surface area contributed by atoms with Gasteiger partial charge in [-0.05, 0) is 55.2 Å². The van der Waals surface area contributed by atoms with Crippen LogP contribution >= 0.6 is 11.6 Å². The van der Waals surface area contributed by atoms with Crippen molar-refractivity contribution in [2.75, 3.05) is 11.9 Å². The van der Waals surface area contributed by atoms with E-state index in [4.69, 9.17) is 11.6 Å². The Morgan fingerprint density at radius 2 is 1.72 bits per heavy atom. The predicted molar refractivity (Wildman–Crippen MR) is 79.6 cm³/mol. The van der Waals surface area contributed by atoms with E-state index in [9.17, 15) is 0 Å². The summed E-state index contributed by atoms with van der Waals surface area (Å²) < 4.78 is 0. The van der Waals surface area contributed by atoms with Gasteiger partial charge in [-0.25, -0.2) is 0 Å². The minimum atomic E-state index is 0.793.